The summed E-state index contributed by atoms with van der Waals surface area (Å²) in [5.41, 5.74) is 2.55. The number of pyridine rings is 1. The molecule has 0 bridgehead atoms. The van der Waals surface area contributed by atoms with E-state index in [0.717, 1.165) is 35.8 Å². The van der Waals surface area contributed by atoms with Crippen LogP contribution in [0.25, 0.3) is 0 Å². The number of aryl methyl sites for hydroxylation is 1. The quantitative estimate of drug-likeness (QED) is 0.901. The smallest absolute Gasteiger partial charge is 0.253 e. The van der Waals surface area contributed by atoms with Gasteiger partial charge in [-0.05, 0) is 43.2 Å². The average Bonchev–Trinajstić information content (AvgIpc) is 3.04. The van der Waals surface area contributed by atoms with Crippen molar-refractivity contribution in [3.05, 3.63) is 64.4 Å². The predicted octanol–water partition coefficient (Wildman–Crippen LogP) is 2.99. The summed E-state index contributed by atoms with van der Waals surface area (Å²) in [4.78, 5) is 19.1. The zero-order chi connectivity index (χ0) is 18.1. The summed E-state index contributed by atoms with van der Waals surface area (Å²) < 4.78 is 6.07. The first-order valence-electron chi connectivity index (χ1n) is 8.94. The SMILES string of the molecule is Cc1ncccc1C(=O)N[C@@H]1C[C@H]2CO[C@@H](c3ccc(Cl)cc3)CN2C1. The highest BCUT2D eigenvalue weighted by molar-refractivity contribution is 6.30. The van der Waals surface area contributed by atoms with Crippen LogP contribution < -0.4 is 5.32 Å². The van der Waals surface area contributed by atoms with Crippen LogP contribution in [0.4, 0.5) is 0 Å². The Morgan fingerprint density at radius 3 is 2.85 bits per heavy atom. The van der Waals surface area contributed by atoms with E-state index in [1.54, 1.807) is 12.3 Å². The third-order valence-electron chi connectivity index (χ3n) is 5.25. The van der Waals surface area contributed by atoms with Gasteiger partial charge in [-0.15, -0.1) is 0 Å². The number of nitrogens with one attached hydrogen (secondary N) is 1. The Morgan fingerprint density at radius 2 is 2.08 bits per heavy atom. The van der Waals surface area contributed by atoms with Crippen LogP contribution in [0.1, 0.15) is 34.1 Å². The van der Waals surface area contributed by atoms with E-state index < -0.39 is 0 Å². The summed E-state index contributed by atoms with van der Waals surface area (Å²) in [5.74, 6) is -0.0457. The van der Waals surface area contributed by atoms with E-state index >= 15 is 0 Å². The molecule has 2 aromatic rings. The molecule has 0 saturated carbocycles. The highest BCUT2D eigenvalue weighted by Crippen LogP contribution is 2.31. The maximum Gasteiger partial charge on any atom is 0.253 e. The van der Waals surface area contributed by atoms with Crippen molar-refractivity contribution in [1.29, 1.82) is 0 Å². The Balaban J connectivity index is 1.38. The molecular weight excluding hydrogens is 350 g/mol. The minimum absolute atomic E-state index is 0.0457. The number of rotatable bonds is 3. The number of morpholine rings is 1. The molecule has 136 valence electrons. The summed E-state index contributed by atoms with van der Waals surface area (Å²) >= 11 is 5.97. The van der Waals surface area contributed by atoms with Crippen LogP contribution in [0, 0.1) is 6.92 Å². The third kappa shape index (κ3) is 3.61. The highest BCUT2D eigenvalue weighted by Gasteiger charge is 2.38. The molecule has 0 spiro atoms. The molecule has 3 heterocycles. The monoisotopic (exact) mass is 371 g/mol. The van der Waals surface area contributed by atoms with Crippen molar-refractivity contribution in [2.75, 3.05) is 19.7 Å². The van der Waals surface area contributed by atoms with Crippen molar-refractivity contribution in [2.45, 2.75) is 31.5 Å². The van der Waals surface area contributed by atoms with Gasteiger partial charge in [0.1, 0.15) is 0 Å². The van der Waals surface area contributed by atoms with Gasteiger partial charge in [0.05, 0.1) is 18.3 Å². The maximum absolute atomic E-state index is 12.5. The normalized spacial score (nSPS) is 25.7. The lowest BCUT2D eigenvalue weighted by atomic mass is 10.1. The molecule has 5 nitrogen and oxygen atoms in total. The Labute approximate surface area is 158 Å². The predicted molar refractivity (Wildman–Crippen MR) is 100 cm³/mol. The first kappa shape index (κ1) is 17.5. The zero-order valence-corrected chi connectivity index (χ0v) is 15.4. The number of fused-ring (bicyclic) bond motifs is 1. The van der Waals surface area contributed by atoms with E-state index in [0.29, 0.717) is 18.2 Å². The summed E-state index contributed by atoms with van der Waals surface area (Å²) in [6.07, 6.45) is 2.67. The molecule has 0 aliphatic carbocycles. The van der Waals surface area contributed by atoms with Crippen LogP contribution in [0.3, 0.4) is 0 Å². The topological polar surface area (TPSA) is 54.5 Å². The molecule has 0 radical (unpaired) electrons. The van der Waals surface area contributed by atoms with Gasteiger partial charge in [-0.25, -0.2) is 0 Å². The fourth-order valence-corrected chi connectivity index (χ4v) is 3.97. The average molecular weight is 372 g/mol. The van der Waals surface area contributed by atoms with E-state index in [-0.39, 0.29) is 18.1 Å². The summed E-state index contributed by atoms with van der Waals surface area (Å²) in [6.45, 7) is 4.23. The summed E-state index contributed by atoms with van der Waals surface area (Å²) in [7, 11) is 0. The second-order valence-electron chi connectivity index (χ2n) is 7.02. The number of hydrogen-bond acceptors (Lipinski definition) is 4. The van der Waals surface area contributed by atoms with Crippen LogP contribution in [-0.2, 0) is 4.74 Å². The van der Waals surface area contributed by atoms with Gasteiger partial charge in [0.2, 0.25) is 0 Å². The number of hydrogen-bond donors (Lipinski definition) is 1. The molecule has 2 aliphatic rings. The van der Waals surface area contributed by atoms with Crippen molar-refractivity contribution in [3.8, 4) is 0 Å². The van der Waals surface area contributed by atoms with Crippen LogP contribution in [0.5, 0.6) is 0 Å². The molecule has 2 saturated heterocycles. The first-order valence-corrected chi connectivity index (χ1v) is 9.31. The van der Waals surface area contributed by atoms with Crippen LogP contribution >= 0.6 is 11.6 Å². The van der Waals surface area contributed by atoms with Gasteiger partial charge in [0, 0.05) is 42.1 Å². The second-order valence-corrected chi connectivity index (χ2v) is 7.46. The van der Waals surface area contributed by atoms with Gasteiger partial charge in [0.15, 0.2) is 0 Å². The molecular formula is C20H22ClN3O2. The summed E-state index contributed by atoms with van der Waals surface area (Å²) in [5, 5.41) is 3.89. The molecule has 2 fully saturated rings. The number of halogens is 1. The van der Waals surface area contributed by atoms with Crippen molar-refractivity contribution >= 4 is 17.5 Å². The molecule has 1 amide bonds. The van der Waals surface area contributed by atoms with Crippen LogP contribution in [-0.4, -0.2) is 47.6 Å². The van der Waals surface area contributed by atoms with E-state index in [9.17, 15) is 4.79 Å². The lowest BCUT2D eigenvalue weighted by Gasteiger charge is -2.35. The van der Waals surface area contributed by atoms with Gasteiger partial charge in [0.25, 0.3) is 5.91 Å². The van der Waals surface area contributed by atoms with Crippen molar-refractivity contribution in [3.63, 3.8) is 0 Å². The molecule has 3 atom stereocenters. The molecule has 4 rings (SSSR count). The number of carbonyl (C=O) groups excluding carboxylic acids is 1. The highest BCUT2D eigenvalue weighted by atomic mass is 35.5. The Hall–Kier alpha value is -1.95. The molecule has 2 aliphatic heterocycles. The van der Waals surface area contributed by atoms with Gasteiger partial charge >= 0.3 is 0 Å². The van der Waals surface area contributed by atoms with Gasteiger partial charge in [-0.2, -0.15) is 0 Å². The van der Waals surface area contributed by atoms with Crippen molar-refractivity contribution < 1.29 is 9.53 Å². The molecule has 1 aromatic carbocycles. The Bertz CT molecular complexity index is 796. The molecule has 1 N–H and O–H groups in total. The number of benzene rings is 1. The number of nitrogens with zero attached hydrogens (tertiary/aromatic N) is 2. The minimum atomic E-state index is -0.0457. The standard InChI is InChI=1S/C20H22ClN3O2/c1-13-18(3-2-8-22-13)20(25)23-16-9-17-12-26-19(11-24(17)10-16)14-4-6-15(21)7-5-14/h2-8,16-17,19H,9-12H2,1H3,(H,23,25)/t16-,17+,19-/m1/s1. The number of carbonyl (C=O) groups is 1. The second kappa shape index (κ2) is 7.35. The zero-order valence-electron chi connectivity index (χ0n) is 14.7. The molecule has 26 heavy (non-hydrogen) atoms. The number of ether oxygens (including phenoxy) is 1. The summed E-state index contributed by atoms with van der Waals surface area (Å²) in [6, 6.07) is 12.0. The molecule has 6 heteroatoms. The van der Waals surface area contributed by atoms with Crippen molar-refractivity contribution in [2.24, 2.45) is 0 Å². The van der Waals surface area contributed by atoms with Gasteiger partial charge in [-0.3, -0.25) is 14.7 Å². The number of aromatic nitrogens is 1. The van der Waals surface area contributed by atoms with E-state index in [2.05, 4.69) is 15.2 Å². The molecule has 1 aromatic heterocycles. The first-order chi connectivity index (χ1) is 12.6. The third-order valence-corrected chi connectivity index (χ3v) is 5.50. The number of amides is 1. The van der Waals surface area contributed by atoms with Crippen molar-refractivity contribution in [1.82, 2.24) is 15.2 Å². The Kier molecular flexibility index (Phi) is 4.94. The van der Waals surface area contributed by atoms with Gasteiger partial charge in [-0.1, -0.05) is 23.7 Å². The molecule has 0 unspecified atom stereocenters. The fourth-order valence-electron chi connectivity index (χ4n) is 3.85. The largest absolute Gasteiger partial charge is 0.371 e. The lowest BCUT2D eigenvalue weighted by Crippen LogP contribution is -2.43. The van der Waals surface area contributed by atoms with Crippen LogP contribution in [0.15, 0.2) is 42.6 Å². The fraction of sp³-hybridized carbons (Fsp3) is 0.400. The minimum Gasteiger partial charge on any atom is -0.371 e. The lowest BCUT2D eigenvalue weighted by molar-refractivity contribution is -0.0502. The Morgan fingerprint density at radius 1 is 1.27 bits per heavy atom. The van der Waals surface area contributed by atoms with E-state index in [1.807, 2.05) is 37.3 Å². The maximum atomic E-state index is 12.5. The van der Waals surface area contributed by atoms with E-state index in [1.165, 1.54) is 0 Å². The van der Waals surface area contributed by atoms with E-state index in [4.69, 9.17) is 16.3 Å². The van der Waals surface area contributed by atoms with Gasteiger partial charge < -0.3 is 10.1 Å². The van der Waals surface area contributed by atoms with Crippen LogP contribution in [0.2, 0.25) is 5.02 Å².